The van der Waals surface area contributed by atoms with Gasteiger partial charge in [0, 0.05) is 29.7 Å². The van der Waals surface area contributed by atoms with Gasteiger partial charge in [0.1, 0.15) is 64.8 Å². The second kappa shape index (κ2) is 19.5. The molecule has 3 fully saturated rings. The zero-order chi connectivity index (χ0) is 47.0. The van der Waals surface area contributed by atoms with Crippen molar-refractivity contribution in [3.05, 3.63) is 76.5 Å². The van der Waals surface area contributed by atoms with Gasteiger partial charge in [-0.05, 0) is 61.9 Å². The lowest BCUT2D eigenvalue weighted by Gasteiger charge is -2.43. The number of hydrogen-bond acceptors (Lipinski definition) is 21. The Hall–Kier alpha value is -5.56. The molecule has 0 radical (unpaired) electrons. The van der Waals surface area contributed by atoms with E-state index in [0.29, 0.717) is 5.56 Å². The fourth-order valence-corrected chi connectivity index (χ4v) is 7.50. The van der Waals surface area contributed by atoms with Crippen LogP contribution < -0.4 is 19.6 Å². The third kappa shape index (κ3) is 9.86. The molecule has 0 amide bonds. The van der Waals surface area contributed by atoms with Crippen LogP contribution in [0, 0.1) is 5.92 Å². The first-order valence-corrected chi connectivity index (χ1v) is 20.4. The number of benzene rings is 3. The van der Waals surface area contributed by atoms with Crippen molar-refractivity contribution in [3.63, 3.8) is 0 Å². The molecule has 15 unspecified atom stereocenters. The van der Waals surface area contributed by atoms with Crippen molar-refractivity contribution in [2.24, 2.45) is 5.92 Å². The number of phenolic OH excluding ortho intramolecular Hbond substituents is 3. The van der Waals surface area contributed by atoms with Crippen molar-refractivity contribution < 1.29 is 98.2 Å². The Morgan fingerprint density at radius 3 is 2.09 bits per heavy atom. The smallest absolute Gasteiger partial charge is 0.331 e. The lowest BCUT2D eigenvalue weighted by molar-refractivity contribution is -0.313. The van der Waals surface area contributed by atoms with Gasteiger partial charge >= 0.3 is 5.97 Å². The molecule has 15 atom stereocenters. The standard InChI is InChI=1S/C44H50O21/c1-17-18(2)59-42(36(54)31(17)49)58-16-28-33(51)40(64-29(48)12-6-20-5-11-24(46)26(13-20)57-4)38(56)44(63-28)65-41-34(52)30-25(47)14-23(61-43-37(55)35(53)32(50)19(3)60-43)15-27(30)62-39(41)21-7-9-22(45)10-8-21/h5-15,17-19,28,31-33,35-38,40,42-47,49-51,53-56H,16H2,1-4H3. The molecule has 3 aromatic carbocycles. The van der Waals surface area contributed by atoms with Gasteiger partial charge in [-0.15, -0.1) is 0 Å². The van der Waals surface area contributed by atoms with E-state index in [0.717, 1.165) is 18.2 Å². The third-order valence-electron chi connectivity index (χ3n) is 11.5. The van der Waals surface area contributed by atoms with Gasteiger partial charge in [-0.1, -0.05) is 13.0 Å². The molecule has 10 N–H and O–H groups in total. The van der Waals surface area contributed by atoms with Crippen LogP contribution in [-0.4, -0.2) is 157 Å². The third-order valence-corrected chi connectivity index (χ3v) is 11.5. The van der Waals surface area contributed by atoms with E-state index in [9.17, 15) is 60.7 Å². The van der Waals surface area contributed by atoms with Crippen LogP contribution in [0.15, 0.2) is 69.9 Å². The Balaban J connectivity index is 1.23. The maximum Gasteiger partial charge on any atom is 0.331 e. The van der Waals surface area contributed by atoms with Crippen LogP contribution >= 0.6 is 0 Å². The van der Waals surface area contributed by atoms with Gasteiger partial charge in [0.25, 0.3) is 0 Å². The average molecular weight is 915 g/mol. The molecular formula is C44H50O21. The number of rotatable bonds is 12. The van der Waals surface area contributed by atoms with Crippen LogP contribution in [0.2, 0.25) is 0 Å². The monoisotopic (exact) mass is 914 g/mol. The molecule has 7 rings (SSSR count). The molecule has 21 nitrogen and oxygen atoms in total. The van der Waals surface area contributed by atoms with Crippen LogP contribution in [-0.2, 0) is 28.5 Å². The number of carbonyl (C=O) groups excluding carboxylic acids is 1. The molecule has 0 spiro atoms. The van der Waals surface area contributed by atoms with Crippen LogP contribution in [0.25, 0.3) is 28.4 Å². The van der Waals surface area contributed by atoms with E-state index in [4.69, 9.17) is 42.3 Å². The van der Waals surface area contributed by atoms with Gasteiger partial charge < -0.3 is 93.4 Å². The summed E-state index contributed by atoms with van der Waals surface area (Å²) in [6.07, 6.45) is -19.2. The highest BCUT2D eigenvalue weighted by Gasteiger charge is 2.50. The molecule has 1 aromatic heterocycles. The minimum absolute atomic E-state index is 0.106. The number of esters is 1. The molecule has 352 valence electrons. The van der Waals surface area contributed by atoms with Gasteiger partial charge in [0.2, 0.25) is 23.8 Å². The Bertz CT molecular complexity index is 2400. The summed E-state index contributed by atoms with van der Waals surface area (Å²) >= 11 is 0. The minimum Gasteiger partial charge on any atom is -0.508 e. The van der Waals surface area contributed by atoms with Crippen molar-refractivity contribution >= 4 is 23.0 Å². The molecule has 3 aliphatic rings. The molecule has 21 heteroatoms. The largest absolute Gasteiger partial charge is 0.508 e. The van der Waals surface area contributed by atoms with E-state index >= 15 is 0 Å². The van der Waals surface area contributed by atoms with E-state index < -0.39 is 127 Å². The summed E-state index contributed by atoms with van der Waals surface area (Å²) in [6, 6.07) is 11.6. The molecule has 4 aromatic rings. The Kier molecular flexibility index (Phi) is 14.2. The Labute approximate surface area is 369 Å². The predicted molar refractivity (Wildman–Crippen MR) is 221 cm³/mol. The zero-order valence-electron chi connectivity index (χ0n) is 35.2. The van der Waals surface area contributed by atoms with Crippen molar-refractivity contribution in [1.29, 1.82) is 0 Å². The molecular weight excluding hydrogens is 864 g/mol. The zero-order valence-corrected chi connectivity index (χ0v) is 35.2. The highest BCUT2D eigenvalue weighted by atomic mass is 16.7. The van der Waals surface area contributed by atoms with Crippen LogP contribution in [0.4, 0.5) is 0 Å². The number of ether oxygens (including phenoxy) is 8. The second-order valence-electron chi connectivity index (χ2n) is 15.9. The molecule has 0 bridgehead atoms. The van der Waals surface area contributed by atoms with Gasteiger partial charge in [-0.3, -0.25) is 4.79 Å². The molecule has 4 heterocycles. The van der Waals surface area contributed by atoms with Gasteiger partial charge in [0.05, 0.1) is 32.0 Å². The van der Waals surface area contributed by atoms with Gasteiger partial charge in [0.15, 0.2) is 35.8 Å². The molecule has 0 aliphatic carbocycles. The van der Waals surface area contributed by atoms with Gasteiger partial charge in [-0.2, -0.15) is 0 Å². The summed E-state index contributed by atoms with van der Waals surface area (Å²) in [5.74, 6) is -3.76. The van der Waals surface area contributed by atoms with E-state index in [1.165, 1.54) is 62.6 Å². The molecule has 3 aliphatic heterocycles. The first-order valence-electron chi connectivity index (χ1n) is 20.4. The SMILES string of the molecule is COc1cc(C=CC(=O)OC2C(O)C(COC3OC(C)C(C)C(O)C3O)OC(Oc3c(-c4ccc(O)cc4)oc4cc(OC5OC(C)C(O)C(O)C5O)cc(O)c4c3=O)C2O)ccc1O. The van der Waals surface area contributed by atoms with Crippen molar-refractivity contribution in [2.45, 2.75) is 107 Å². The lowest BCUT2D eigenvalue weighted by Crippen LogP contribution is -2.62. The lowest BCUT2D eigenvalue weighted by atomic mass is 9.92. The fraction of sp³-hybridized carbons (Fsp3) is 0.455. The van der Waals surface area contributed by atoms with Crippen molar-refractivity contribution in [1.82, 2.24) is 0 Å². The Morgan fingerprint density at radius 1 is 0.708 bits per heavy atom. The van der Waals surface area contributed by atoms with E-state index in [1.807, 2.05) is 0 Å². The van der Waals surface area contributed by atoms with E-state index in [1.54, 1.807) is 13.8 Å². The number of hydrogen-bond donors (Lipinski definition) is 10. The van der Waals surface area contributed by atoms with E-state index in [2.05, 4.69) is 0 Å². The van der Waals surface area contributed by atoms with Crippen molar-refractivity contribution in [3.8, 4) is 45.8 Å². The van der Waals surface area contributed by atoms with Crippen LogP contribution in [0.3, 0.4) is 0 Å². The minimum atomic E-state index is -2.07. The number of aliphatic hydroxyl groups excluding tert-OH is 7. The summed E-state index contributed by atoms with van der Waals surface area (Å²) in [4.78, 5) is 27.7. The van der Waals surface area contributed by atoms with Gasteiger partial charge in [-0.25, -0.2) is 4.79 Å². The average Bonchev–Trinajstić information content (AvgIpc) is 3.28. The quantitative estimate of drug-likeness (QED) is 0.0678. The fourth-order valence-electron chi connectivity index (χ4n) is 7.50. The summed E-state index contributed by atoms with van der Waals surface area (Å²) in [6.45, 7) is 4.12. The summed E-state index contributed by atoms with van der Waals surface area (Å²) < 4.78 is 51.5. The maximum absolute atomic E-state index is 14.5. The molecule has 0 saturated carbocycles. The van der Waals surface area contributed by atoms with E-state index in [-0.39, 0.29) is 39.9 Å². The summed E-state index contributed by atoms with van der Waals surface area (Å²) in [7, 11) is 1.33. The number of aliphatic hydroxyl groups is 7. The highest BCUT2D eigenvalue weighted by molar-refractivity contribution is 5.89. The summed E-state index contributed by atoms with van der Waals surface area (Å²) in [5.41, 5.74) is -0.860. The number of carbonyl (C=O) groups is 1. The number of phenols is 3. The number of methoxy groups -OCH3 is 1. The predicted octanol–water partition coefficient (Wildman–Crippen LogP) is 0.362. The first kappa shape index (κ1) is 47.4. The van der Waals surface area contributed by atoms with Crippen LogP contribution in [0.1, 0.15) is 26.3 Å². The second-order valence-corrected chi connectivity index (χ2v) is 15.9. The summed E-state index contributed by atoms with van der Waals surface area (Å²) in [5, 5.41) is 106. The first-order chi connectivity index (χ1) is 30.9. The topological polar surface area (TPSA) is 323 Å². The number of aromatic hydroxyl groups is 3. The Morgan fingerprint density at radius 2 is 1.38 bits per heavy atom. The molecule has 65 heavy (non-hydrogen) atoms. The highest BCUT2D eigenvalue weighted by Crippen LogP contribution is 2.39. The van der Waals surface area contributed by atoms with Crippen molar-refractivity contribution in [2.75, 3.05) is 13.7 Å². The normalized spacial score (nSPS) is 32.9. The number of fused-ring (bicyclic) bond motifs is 1. The molecule has 3 saturated heterocycles. The maximum atomic E-state index is 14.5. The van der Waals surface area contributed by atoms with Crippen LogP contribution in [0.5, 0.6) is 34.5 Å².